The standard InChI is InChI=1S/C21H23N5O2/c27-20(24-16-8-2-1-3-9-16)18-17-10-4-5-12-26(17)19(25-18)21(28)23-14-15-7-6-11-22-13-15/h4-7,10-13,16H,1-3,8-9,14H2,(H,23,28)(H,24,27). The smallest absolute Gasteiger partial charge is 0.287 e. The molecule has 1 saturated carbocycles. The lowest BCUT2D eigenvalue weighted by Crippen LogP contribution is -2.36. The number of hydrogen-bond donors (Lipinski definition) is 2. The second kappa shape index (κ2) is 8.21. The number of rotatable bonds is 5. The normalized spacial score (nSPS) is 14.7. The van der Waals surface area contributed by atoms with Crippen LogP contribution in [0.15, 0.2) is 48.9 Å². The van der Waals surface area contributed by atoms with Crippen LogP contribution in [0, 0.1) is 0 Å². The van der Waals surface area contributed by atoms with Gasteiger partial charge in [0, 0.05) is 31.2 Å². The van der Waals surface area contributed by atoms with E-state index in [2.05, 4.69) is 20.6 Å². The second-order valence-corrected chi connectivity index (χ2v) is 7.09. The molecule has 0 saturated heterocycles. The third kappa shape index (κ3) is 3.88. The summed E-state index contributed by atoms with van der Waals surface area (Å²) in [5, 5.41) is 5.93. The Kier molecular flexibility index (Phi) is 5.32. The molecule has 1 fully saturated rings. The van der Waals surface area contributed by atoms with Crippen LogP contribution in [0.25, 0.3) is 5.52 Å². The van der Waals surface area contributed by atoms with Crippen LogP contribution in [0.5, 0.6) is 0 Å². The van der Waals surface area contributed by atoms with Gasteiger partial charge in [0.25, 0.3) is 11.8 Å². The lowest BCUT2D eigenvalue weighted by Gasteiger charge is -2.22. The van der Waals surface area contributed by atoms with Crippen LogP contribution >= 0.6 is 0 Å². The van der Waals surface area contributed by atoms with Gasteiger partial charge in [-0.25, -0.2) is 4.98 Å². The Labute approximate surface area is 163 Å². The number of nitrogens with one attached hydrogen (secondary N) is 2. The van der Waals surface area contributed by atoms with Crippen molar-refractivity contribution in [1.29, 1.82) is 0 Å². The first-order valence-corrected chi connectivity index (χ1v) is 9.67. The van der Waals surface area contributed by atoms with Crippen molar-refractivity contribution in [2.24, 2.45) is 0 Å². The van der Waals surface area contributed by atoms with Crippen molar-refractivity contribution in [2.45, 2.75) is 44.7 Å². The number of pyridine rings is 2. The highest BCUT2D eigenvalue weighted by Crippen LogP contribution is 2.19. The Morgan fingerprint density at radius 1 is 1.07 bits per heavy atom. The summed E-state index contributed by atoms with van der Waals surface area (Å²) >= 11 is 0. The molecule has 2 N–H and O–H groups in total. The van der Waals surface area contributed by atoms with E-state index in [-0.39, 0.29) is 29.4 Å². The van der Waals surface area contributed by atoms with E-state index in [9.17, 15) is 9.59 Å². The number of nitrogens with zero attached hydrogens (tertiary/aromatic N) is 3. The van der Waals surface area contributed by atoms with E-state index in [1.54, 1.807) is 29.1 Å². The number of aromatic nitrogens is 3. The minimum Gasteiger partial charge on any atom is -0.348 e. The van der Waals surface area contributed by atoms with Gasteiger partial charge in [-0.1, -0.05) is 31.4 Å². The zero-order valence-corrected chi connectivity index (χ0v) is 15.6. The molecule has 2 amide bonds. The minimum atomic E-state index is -0.332. The molecule has 144 valence electrons. The van der Waals surface area contributed by atoms with Crippen molar-refractivity contribution in [3.8, 4) is 0 Å². The third-order valence-electron chi connectivity index (χ3n) is 5.08. The van der Waals surface area contributed by atoms with Crippen molar-refractivity contribution in [3.63, 3.8) is 0 Å². The summed E-state index contributed by atoms with van der Waals surface area (Å²) in [6, 6.07) is 9.35. The van der Waals surface area contributed by atoms with E-state index in [4.69, 9.17) is 0 Å². The zero-order chi connectivity index (χ0) is 19.3. The van der Waals surface area contributed by atoms with E-state index in [1.165, 1.54) is 6.42 Å². The molecule has 1 aliphatic rings. The molecule has 0 atom stereocenters. The first-order valence-electron chi connectivity index (χ1n) is 9.67. The van der Waals surface area contributed by atoms with Gasteiger partial charge in [0.2, 0.25) is 5.82 Å². The molecule has 1 aliphatic carbocycles. The summed E-state index contributed by atoms with van der Waals surface area (Å²) in [4.78, 5) is 34.0. The van der Waals surface area contributed by atoms with Gasteiger partial charge in [-0.2, -0.15) is 0 Å². The average molecular weight is 377 g/mol. The fourth-order valence-corrected chi connectivity index (χ4v) is 3.63. The highest BCUT2D eigenvalue weighted by atomic mass is 16.2. The highest BCUT2D eigenvalue weighted by Gasteiger charge is 2.23. The molecule has 7 nitrogen and oxygen atoms in total. The van der Waals surface area contributed by atoms with E-state index in [1.807, 2.05) is 24.3 Å². The van der Waals surface area contributed by atoms with Gasteiger partial charge in [-0.05, 0) is 36.6 Å². The van der Waals surface area contributed by atoms with Crippen molar-refractivity contribution >= 4 is 17.3 Å². The van der Waals surface area contributed by atoms with Gasteiger partial charge < -0.3 is 10.6 Å². The van der Waals surface area contributed by atoms with E-state index < -0.39 is 0 Å². The van der Waals surface area contributed by atoms with Crippen LogP contribution in [0.4, 0.5) is 0 Å². The van der Waals surface area contributed by atoms with E-state index in [0.717, 1.165) is 31.2 Å². The van der Waals surface area contributed by atoms with Crippen molar-refractivity contribution in [2.75, 3.05) is 0 Å². The summed E-state index contributed by atoms with van der Waals surface area (Å²) in [5.74, 6) is -0.350. The Balaban J connectivity index is 1.55. The summed E-state index contributed by atoms with van der Waals surface area (Å²) in [5.41, 5.74) is 1.81. The quantitative estimate of drug-likeness (QED) is 0.716. The predicted octanol–water partition coefficient (Wildman–Crippen LogP) is 2.72. The first-order chi connectivity index (χ1) is 13.7. The summed E-state index contributed by atoms with van der Waals surface area (Å²) in [6.45, 7) is 0.345. The number of hydrogen-bond acceptors (Lipinski definition) is 4. The maximum atomic E-state index is 12.8. The highest BCUT2D eigenvalue weighted by molar-refractivity contribution is 6.02. The molecule has 3 aromatic rings. The topological polar surface area (TPSA) is 88.4 Å². The minimum absolute atomic E-state index is 0.185. The third-order valence-corrected chi connectivity index (χ3v) is 5.08. The molecule has 0 unspecified atom stereocenters. The van der Waals surface area contributed by atoms with Crippen LogP contribution in [-0.4, -0.2) is 32.2 Å². The fraction of sp³-hybridized carbons (Fsp3) is 0.333. The van der Waals surface area contributed by atoms with Crippen LogP contribution in [0.1, 0.15) is 58.8 Å². The molecule has 3 heterocycles. The Hall–Kier alpha value is -3.22. The molecular weight excluding hydrogens is 354 g/mol. The van der Waals surface area contributed by atoms with Crippen molar-refractivity contribution in [3.05, 3.63) is 66.0 Å². The van der Waals surface area contributed by atoms with Gasteiger partial charge in [-0.15, -0.1) is 0 Å². The van der Waals surface area contributed by atoms with Crippen LogP contribution in [0.2, 0.25) is 0 Å². The van der Waals surface area contributed by atoms with Crippen LogP contribution in [0.3, 0.4) is 0 Å². The molecule has 28 heavy (non-hydrogen) atoms. The van der Waals surface area contributed by atoms with E-state index in [0.29, 0.717) is 12.1 Å². The van der Waals surface area contributed by atoms with Gasteiger partial charge in [-0.3, -0.25) is 19.0 Å². The predicted molar refractivity (Wildman–Crippen MR) is 105 cm³/mol. The van der Waals surface area contributed by atoms with Gasteiger partial charge in [0.1, 0.15) is 0 Å². The van der Waals surface area contributed by atoms with E-state index >= 15 is 0 Å². The summed E-state index contributed by atoms with van der Waals surface area (Å²) < 4.78 is 1.66. The lowest BCUT2D eigenvalue weighted by molar-refractivity contribution is 0.0925. The fourth-order valence-electron chi connectivity index (χ4n) is 3.63. The van der Waals surface area contributed by atoms with Gasteiger partial charge >= 0.3 is 0 Å². The SMILES string of the molecule is O=C(NC1CCCCC1)c1nc(C(=O)NCc2cccnc2)n2ccccc12. The molecule has 3 aromatic heterocycles. The summed E-state index contributed by atoms with van der Waals surface area (Å²) in [7, 11) is 0. The monoisotopic (exact) mass is 377 g/mol. The average Bonchev–Trinajstić information content (AvgIpc) is 3.13. The number of fused-ring (bicyclic) bond motifs is 1. The van der Waals surface area contributed by atoms with Gasteiger partial charge in [0.15, 0.2) is 5.69 Å². The first kappa shape index (κ1) is 18.2. The lowest BCUT2D eigenvalue weighted by atomic mass is 9.95. The van der Waals surface area contributed by atoms with Gasteiger partial charge in [0.05, 0.1) is 5.52 Å². The molecule has 4 rings (SSSR count). The summed E-state index contributed by atoms with van der Waals surface area (Å²) in [6.07, 6.45) is 10.6. The second-order valence-electron chi connectivity index (χ2n) is 7.09. The molecule has 0 spiro atoms. The number of imidazole rings is 1. The number of carbonyl (C=O) groups excluding carboxylic acids is 2. The maximum Gasteiger partial charge on any atom is 0.287 e. The number of carbonyl (C=O) groups is 2. The zero-order valence-electron chi connectivity index (χ0n) is 15.6. The molecule has 0 aliphatic heterocycles. The Bertz CT molecular complexity index is 977. The molecular formula is C21H23N5O2. The Morgan fingerprint density at radius 3 is 2.71 bits per heavy atom. The Morgan fingerprint density at radius 2 is 1.93 bits per heavy atom. The van der Waals surface area contributed by atoms with Crippen LogP contribution < -0.4 is 10.6 Å². The maximum absolute atomic E-state index is 12.8. The van der Waals surface area contributed by atoms with Crippen LogP contribution in [-0.2, 0) is 6.54 Å². The molecule has 0 bridgehead atoms. The molecule has 7 heteroatoms. The molecule has 0 aromatic carbocycles. The molecule has 0 radical (unpaired) electrons. The largest absolute Gasteiger partial charge is 0.348 e. The number of amides is 2. The van der Waals surface area contributed by atoms with Crippen molar-refractivity contribution < 1.29 is 9.59 Å². The van der Waals surface area contributed by atoms with Crippen molar-refractivity contribution in [1.82, 2.24) is 25.0 Å².